The number of carboxylic acid groups (broad SMARTS) is 1. The van der Waals surface area contributed by atoms with Crippen LogP contribution in [0.25, 0.3) is 0 Å². The monoisotopic (exact) mass is 311 g/mol. The zero-order chi connectivity index (χ0) is 15.3. The summed E-state index contributed by atoms with van der Waals surface area (Å²) in [6.07, 6.45) is 5.03. The molecule has 1 aromatic carbocycles. The Labute approximate surface area is 125 Å². The summed E-state index contributed by atoms with van der Waals surface area (Å²) in [5, 5.41) is 8.62. The third kappa shape index (κ3) is 4.82. The highest BCUT2D eigenvalue weighted by molar-refractivity contribution is 7.89. The summed E-state index contributed by atoms with van der Waals surface area (Å²) in [7, 11) is -3.45. The lowest BCUT2D eigenvalue weighted by Gasteiger charge is -2.25. The number of aliphatic carboxylic acids is 1. The SMILES string of the molecule is O=C(O)CCc1ccc(S(=O)(=O)NCCC2CCC2)cc1. The molecule has 0 radical (unpaired) electrons. The van der Waals surface area contributed by atoms with Crippen molar-refractivity contribution >= 4 is 16.0 Å². The molecule has 0 bridgehead atoms. The molecule has 2 N–H and O–H groups in total. The van der Waals surface area contributed by atoms with Crippen molar-refractivity contribution in [2.24, 2.45) is 5.92 Å². The zero-order valence-electron chi connectivity index (χ0n) is 11.9. The van der Waals surface area contributed by atoms with Gasteiger partial charge >= 0.3 is 5.97 Å². The fraction of sp³-hybridized carbons (Fsp3) is 0.533. The highest BCUT2D eigenvalue weighted by atomic mass is 32.2. The molecule has 0 unspecified atom stereocenters. The second kappa shape index (κ2) is 7.04. The van der Waals surface area contributed by atoms with E-state index in [2.05, 4.69) is 4.72 Å². The molecule has 1 aliphatic carbocycles. The van der Waals surface area contributed by atoms with Crippen LogP contribution in [0.15, 0.2) is 29.2 Å². The number of hydrogen-bond donors (Lipinski definition) is 2. The summed E-state index contributed by atoms with van der Waals surface area (Å²) < 4.78 is 26.8. The fourth-order valence-electron chi connectivity index (χ4n) is 2.35. The molecule has 0 atom stereocenters. The van der Waals surface area contributed by atoms with E-state index in [-0.39, 0.29) is 11.3 Å². The van der Waals surface area contributed by atoms with Crippen LogP contribution in [0.1, 0.15) is 37.7 Å². The lowest BCUT2D eigenvalue weighted by atomic mass is 9.83. The third-order valence-corrected chi connectivity index (χ3v) is 5.41. The first kappa shape index (κ1) is 16.0. The Morgan fingerprint density at radius 2 is 1.90 bits per heavy atom. The summed E-state index contributed by atoms with van der Waals surface area (Å²) in [4.78, 5) is 10.7. The molecular weight excluding hydrogens is 290 g/mol. The van der Waals surface area contributed by atoms with Crippen molar-refractivity contribution in [3.63, 3.8) is 0 Å². The van der Waals surface area contributed by atoms with Crippen LogP contribution >= 0.6 is 0 Å². The van der Waals surface area contributed by atoms with Crippen molar-refractivity contribution in [1.82, 2.24) is 4.72 Å². The lowest BCUT2D eigenvalue weighted by molar-refractivity contribution is -0.136. The molecule has 0 aliphatic heterocycles. The highest BCUT2D eigenvalue weighted by Gasteiger charge is 2.19. The summed E-state index contributed by atoms with van der Waals surface area (Å²) in [6.45, 7) is 0.480. The Hall–Kier alpha value is -1.40. The molecule has 0 heterocycles. The van der Waals surface area contributed by atoms with Gasteiger partial charge in [0.2, 0.25) is 10.0 Å². The number of aryl methyl sites for hydroxylation is 1. The molecule has 0 spiro atoms. The van der Waals surface area contributed by atoms with Gasteiger partial charge in [0.15, 0.2) is 0 Å². The second-order valence-electron chi connectivity index (χ2n) is 5.52. The van der Waals surface area contributed by atoms with Crippen LogP contribution in [0.4, 0.5) is 0 Å². The number of carbonyl (C=O) groups is 1. The largest absolute Gasteiger partial charge is 0.481 e. The van der Waals surface area contributed by atoms with Gasteiger partial charge in [0.1, 0.15) is 0 Å². The smallest absolute Gasteiger partial charge is 0.303 e. The Kier molecular flexibility index (Phi) is 5.36. The molecule has 1 saturated carbocycles. The lowest BCUT2D eigenvalue weighted by Crippen LogP contribution is -2.27. The van der Waals surface area contributed by atoms with Crippen molar-refractivity contribution in [2.45, 2.75) is 43.4 Å². The number of carboxylic acids is 1. The quantitative estimate of drug-likeness (QED) is 0.770. The molecule has 1 fully saturated rings. The van der Waals surface area contributed by atoms with Gasteiger partial charge in [-0.1, -0.05) is 31.4 Å². The van der Waals surface area contributed by atoms with Gasteiger partial charge in [-0.05, 0) is 36.5 Å². The van der Waals surface area contributed by atoms with Crippen LogP contribution in [0.5, 0.6) is 0 Å². The van der Waals surface area contributed by atoms with Gasteiger partial charge in [-0.25, -0.2) is 13.1 Å². The van der Waals surface area contributed by atoms with E-state index in [4.69, 9.17) is 5.11 Å². The van der Waals surface area contributed by atoms with Gasteiger partial charge in [-0.2, -0.15) is 0 Å². The molecule has 5 nitrogen and oxygen atoms in total. The van der Waals surface area contributed by atoms with Gasteiger partial charge in [0, 0.05) is 13.0 Å². The van der Waals surface area contributed by atoms with Gasteiger partial charge in [0.05, 0.1) is 4.90 Å². The van der Waals surface area contributed by atoms with E-state index >= 15 is 0 Å². The summed E-state index contributed by atoms with van der Waals surface area (Å²) >= 11 is 0. The second-order valence-corrected chi connectivity index (χ2v) is 7.29. The standard InChI is InChI=1S/C15H21NO4S/c17-15(18)9-6-13-4-7-14(8-5-13)21(19,20)16-11-10-12-2-1-3-12/h4-5,7-8,12,16H,1-3,6,9-11H2,(H,17,18). The molecule has 6 heteroatoms. The average molecular weight is 311 g/mol. The van der Waals surface area contributed by atoms with Gasteiger partial charge in [0.25, 0.3) is 0 Å². The zero-order valence-corrected chi connectivity index (χ0v) is 12.7. The van der Waals surface area contributed by atoms with Crippen LogP contribution in [-0.2, 0) is 21.2 Å². The molecule has 0 aromatic heterocycles. The number of hydrogen-bond acceptors (Lipinski definition) is 3. The number of nitrogens with one attached hydrogen (secondary N) is 1. The van der Waals surface area contributed by atoms with Crippen LogP contribution in [-0.4, -0.2) is 26.0 Å². The maximum atomic E-state index is 12.1. The third-order valence-electron chi connectivity index (χ3n) is 3.93. The van der Waals surface area contributed by atoms with Crippen LogP contribution in [0, 0.1) is 5.92 Å². The van der Waals surface area contributed by atoms with Crippen molar-refractivity contribution in [1.29, 1.82) is 0 Å². The van der Waals surface area contributed by atoms with E-state index in [1.54, 1.807) is 12.1 Å². The van der Waals surface area contributed by atoms with Crippen molar-refractivity contribution < 1.29 is 18.3 Å². The minimum Gasteiger partial charge on any atom is -0.481 e. The first-order chi connectivity index (χ1) is 9.97. The molecule has 116 valence electrons. The minimum absolute atomic E-state index is 0.0474. The minimum atomic E-state index is -3.45. The van der Waals surface area contributed by atoms with E-state index in [1.165, 1.54) is 31.4 Å². The van der Waals surface area contributed by atoms with E-state index in [9.17, 15) is 13.2 Å². The fourth-order valence-corrected chi connectivity index (χ4v) is 3.40. The Bertz CT molecular complexity index is 576. The maximum absolute atomic E-state index is 12.1. The first-order valence-corrected chi connectivity index (χ1v) is 8.76. The van der Waals surface area contributed by atoms with E-state index < -0.39 is 16.0 Å². The maximum Gasteiger partial charge on any atom is 0.303 e. The molecule has 21 heavy (non-hydrogen) atoms. The van der Waals surface area contributed by atoms with Gasteiger partial charge in [-0.15, -0.1) is 0 Å². The van der Waals surface area contributed by atoms with Gasteiger partial charge < -0.3 is 5.11 Å². The van der Waals surface area contributed by atoms with Gasteiger partial charge in [-0.3, -0.25) is 4.79 Å². The van der Waals surface area contributed by atoms with Crippen LogP contribution in [0.2, 0.25) is 0 Å². The van der Waals surface area contributed by atoms with Crippen molar-refractivity contribution in [2.75, 3.05) is 6.54 Å². The van der Waals surface area contributed by atoms with Crippen molar-refractivity contribution in [3.05, 3.63) is 29.8 Å². The average Bonchev–Trinajstić information content (AvgIpc) is 2.40. The predicted molar refractivity (Wildman–Crippen MR) is 79.5 cm³/mol. The Morgan fingerprint density at radius 3 is 2.43 bits per heavy atom. The predicted octanol–water partition coefficient (Wildman–Crippen LogP) is 2.17. The molecule has 1 aromatic rings. The number of rotatable bonds is 8. The number of benzene rings is 1. The molecule has 1 aliphatic rings. The first-order valence-electron chi connectivity index (χ1n) is 7.28. The Balaban J connectivity index is 1.87. The molecular formula is C15H21NO4S. The topological polar surface area (TPSA) is 83.5 Å². The summed E-state index contributed by atoms with van der Waals surface area (Å²) in [5.41, 5.74) is 0.825. The summed E-state index contributed by atoms with van der Waals surface area (Å²) in [6, 6.07) is 6.40. The Morgan fingerprint density at radius 1 is 1.24 bits per heavy atom. The van der Waals surface area contributed by atoms with E-state index in [1.807, 2.05) is 0 Å². The summed E-state index contributed by atoms with van der Waals surface area (Å²) in [5.74, 6) is -0.185. The highest BCUT2D eigenvalue weighted by Crippen LogP contribution is 2.28. The molecule has 0 amide bonds. The van der Waals surface area contributed by atoms with Crippen molar-refractivity contribution in [3.8, 4) is 0 Å². The molecule has 0 saturated heterocycles. The molecule has 2 rings (SSSR count). The van der Waals surface area contributed by atoms with Crippen LogP contribution in [0.3, 0.4) is 0 Å². The van der Waals surface area contributed by atoms with Crippen LogP contribution < -0.4 is 4.72 Å². The van der Waals surface area contributed by atoms with E-state index in [0.717, 1.165) is 12.0 Å². The van der Waals surface area contributed by atoms with E-state index in [0.29, 0.717) is 18.9 Å². The number of sulfonamides is 1. The normalized spacial score (nSPS) is 15.6.